The average Bonchev–Trinajstić information content (AvgIpc) is 2.38. The molecule has 1 aromatic carbocycles. The molecule has 1 rings (SSSR count). The lowest BCUT2D eigenvalue weighted by molar-refractivity contribution is 0.0956. The molecule has 1 aromatic rings. The highest BCUT2D eigenvalue weighted by Crippen LogP contribution is 1.98. The van der Waals surface area contributed by atoms with Gasteiger partial charge in [-0.05, 0) is 25.5 Å². The molecule has 0 spiro atoms. The Morgan fingerprint density at radius 3 is 2.47 bits per heavy atom. The first-order valence-electron chi connectivity index (χ1n) is 6.28. The summed E-state index contributed by atoms with van der Waals surface area (Å²) in [4.78, 5) is 11.7. The second kappa shape index (κ2) is 7.25. The van der Waals surface area contributed by atoms with E-state index >= 15 is 0 Å². The van der Waals surface area contributed by atoms with Crippen LogP contribution in [0.3, 0.4) is 0 Å². The highest BCUT2D eigenvalue weighted by atomic mass is 32.2. The van der Waals surface area contributed by atoms with Crippen LogP contribution in [0.15, 0.2) is 30.3 Å². The molecule has 0 saturated carbocycles. The number of benzene rings is 1. The Kier molecular flexibility index (Phi) is 5.98. The van der Waals surface area contributed by atoms with E-state index in [-0.39, 0.29) is 24.2 Å². The lowest BCUT2D eigenvalue weighted by Crippen LogP contribution is -2.38. The number of nitrogens with one attached hydrogen (secondary N) is 2. The first-order valence-corrected chi connectivity index (χ1v) is 7.93. The molecule has 0 heterocycles. The zero-order chi connectivity index (χ0) is 14.3. The second-order valence-electron chi connectivity index (χ2n) is 4.37. The standard InChI is InChI=1S/C13H20N2O3S/c1-3-11(2)15-19(17,18)10-9-14-13(16)12-7-5-4-6-8-12/h4-8,11,15H,3,9-10H2,1-2H3,(H,14,16). The van der Waals surface area contributed by atoms with Crippen molar-refractivity contribution in [2.75, 3.05) is 12.3 Å². The van der Waals surface area contributed by atoms with E-state index in [1.807, 2.05) is 13.0 Å². The summed E-state index contributed by atoms with van der Waals surface area (Å²) in [6.07, 6.45) is 0.732. The smallest absolute Gasteiger partial charge is 0.251 e. The molecule has 0 aromatic heterocycles. The van der Waals surface area contributed by atoms with E-state index in [2.05, 4.69) is 10.0 Å². The summed E-state index contributed by atoms with van der Waals surface area (Å²) in [6.45, 7) is 3.81. The summed E-state index contributed by atoms with van der Waals surface area (Å²) < 4.78 is 25.9. The van der Waals surface area contributed by atoms with Gasteiger partial charge >= 0.3 is 0 Å². The molecule has 0 bridgehead atoms. The Morgan fingerprint density at radius 1 is 1.26 bits per heavy atom. The van der Waals surface area contributed by atoms with Crippen LogP contribution in [0.5, 0.6) is 0 Å². The minimum Gasteiger partial charge on any atom is -0.351 e. The predicted molar refractivity (Wildman–Crippen MR) is 75.5 cm³/mol. The number of amides is 1. The van der Waals surface area contributed by atoms with E-state index in [9.17, 15) is 13.2 Å². The Bertz CT molecular complexity index is 500. The van der Waals surface area contributed by atoms with Gasteiger partial charge in [0.1, 0.15) is 0 Å². The topological polar surface area (TPSA) is 75.3 Å². The molecular weight excluding hydrogens is 264 g/mol. The van der Waals surface area contributed by atoms with Crippen LogP contribution in [0.1, 0.15) is 30.6 Å². The van der Waals surface area contributed by atoms with Crippen LogP contribution < -0.4 is 10.0 Å². The molecule has 6 heteroatoms. The maximum atomic E-state index is 11.7. The van der Waals surface area contributed by atoms with Gasteiger partial charge in [0, 0.05) is 18.2 Å². The van der Waals surface area contributed by atoms with Crippen molar-refractivity contribution in [3.63, 3.8) is 0 Å². The van der Waals surface area contributed by atoms with Gasteiger partial charge in [0.15, 0.2) is 0 Å². The Labute approximate surface area is 114 Å². The molecule has 0 fully saturated rings. The molecule has 5 nitrogen and oxygen atoms in total. The zero-order valence-corrected chi connectivity index (χ0v) is 12.0. The maximum absolute atomic E-state index is 11.7. The Morgan fingerprint density at radius 2 is 1.89 bits per heavy atom. The number of carbonyl (C=O) groups is 1. The van der Waals surface area contributed by atoms with E-state index in [0.29, 0.717) is 5.56 Å². The predicted octanol–water partition coefficient (Wildman–Crippen LogP) is 1.13. The first kappa shape index (κ1) is 15.7. The van der Waals surface area contributed by atoms with E-state index in [4.69, 9.17) is 0 Å². The molecule has 106 valence electrons. The number of hydrogen-bond donors (Lipinski definition) is 2. The molecule has 1 amide bonds. The highest BCUT2D eigenvalue weighted by Gasteiger charge is 2.13. The third-order valence-electron chi connectivity index (χ3n) is 2.69. The third kappa shape index (κ3) is 5.85. The van der Waals surface area contributed by atoms with Gasteiger partial charge in [-0.2, -0.15) is 0 Å². The van der Waals surface area contributed by atoms with Crippen LogP contribution >= 0.6 is 0 Å². The molecule has 2 N–H and O–H groups in total. The third-order valence-corrected chi connectivity index (χ3v) is 4.19. The van der Waals surface area contributed by atoms with E-state index < -0.39 is 10.0 Å². The lowest BCUT2D eigenvalue weighted by atomic mass is 10.2. The summed E-state index contributed by atoms with van der Waals surface area (Å²) in [7, 11) is -3.34. The number of carbonyl (C=O) groups excluding carboxylic acids is 1. The van der Waals surface area contributed by atoms with Crippen molar-refractivity contribution < 1.29 is 13.2 Å². The zero-order valence-electron chi connectivity index (χ0n) is 11.2. The van der Waals surface area contributed by atoms with E-state index in [1.54, 1.807) is 31.2 Å². The molecule has 0 saturated heterocycles. The quantitative estimate of drug-likeness (QED) is 0.788. The van der Waals surface area contributed by atoms with Crippen molar-refractivity contribution >= 4 is 15.9 Å². The summed E-state index contributed by atoms with van der Waals surface area (Å²) >= 11 is 0. The molecule has 19 heavy (non-hydrogen) atoms. The summed E-state index contributed by atoms with van der Waals surface area (Å²) in [5.41, 5.74) is 0.523. The molecule has 0 aliphatic heterocycles. The van der Waals surface area contributed by atoms with Gasteiger partial charge in [0.2, 0.25) is 10.0 Å². The number of sulfonamides is 1. The van der Waals surface area contributed by atoms with Gasteiger partial charge in [-0.25, -0.2) is 13.1 Å². The van der Waals surface area contributed by atoms with Crippen molar-refractivity contribution in [2.24, 2.45) is 0 Å². The van der Waals surface area contributed by atoms with E-state index in [1.165, 1.54) is 0 Å². The minimum atomic E-state index is -3.34. The van der Waals surface area contributed by atoms with Crippen molar-refractivity contribution in [2.45, 2.75) is 26.3 Å². The van der Waals surface area contributed by atoms with Crippen molar-refractivity contribution in [3.8, 4) is 0 Å². The van der Waals surface area contributed by atoms with Gasteiger partial charge in [-0.15, -0.1) is 0 Å². The largest absolute Gasteiger partial charge is 0.351 e. The Balaban J connectivity index is 2.40. The second-order valence-corrected chi connectivity index (χ2v) is 6.24. The lowest BCUT2D eigenvalue weighted by Gasteiger charge is -2.12. The van der Waals surface area contributed by atoms with Gasteiger partial charge in [-0.3, -0.25) is 4.79 Å². The van der Waals surface area contributed by atoms with Gasteiger partial charge in [0.25, 0.3) is 5.91 Å². The summed E-state index contributed by atoms with van der Waals surface area (Å²) in [5, 5.41) is 2.59. The first-order chi connectivity index (χ1) is 8.94. The van der Waals surface area contributed by atoms with Crippen LogP contribution in [-0.4, -0.2) is 32.7 Å². The molecular formula is C13H20N2O3S. The van der Waals surface area contributed by atoms with Crippen molar-refractivity contribution in [1.29, 1.82) is 0 Å². The normalized spacial score (nSPS) is 12.9. The van der Waals surface area contributed by atoms with Crippen molar-refractivity contribution in [3.05, 3.63) is 35.9 Å². The van der Waals surface area contributed by atoms with Crippen LogP contribution in [0.2, 0.25) is 0 Å². The van der Waals surface area contributed by atoms with Crippen molar-refractivity contribution in [1.82, 2.24) is 10.0 Å². The van der Waals surface area contributed by atoms with Gasteiger partial charge in [-0.1, -0.05) is 25.1 Å². The van der Waals surface area contributed by atoms with Crippen LogP contribution in [0.4, 0.5) is 0 Å². The SMILES string of the molecule is CCC(C)NS(=O)(=O)CCNC(=O)c1ccccc1. The number of rotatable bonds is 7. The van der Waals surface area contributed by atoms with Gasteiger partial charge in [0.05, 0.1) is 5.75 Å². The molecule has 0 radical (unpaired) electrons. The molecule has 0 aliphatic rings. The summed E-state index contributed by atoms with van der Waals surface area (Å²) in [5.74, 6) is -0.380. The fraction of sp³-hybridized carbons (Fsp3) is 0.462. The highest BCUT2D eigenvalue weighted by molar-refractivity contribution is 7.89. The van der Waals surface area contributed by atoms with E-state index in [0.717, 1.165) is 6.42 Å². The Hall–Kier alpha value is -1.40. The fourth-order valence-corrected chi connectivity index (χ4v) is 2.71. The van der Waals surface area contributed by atoms with Crippen LogP contribution in [-0.2, 0) is 10.0 Å². The van der Waals surface area contributed by atoms with Crippen LogP contribution in [0.25, 0.3) is 0 Å². The maximum Gasteiger partial charge on any atom is 0.251 e. The minimum absolute atomic E-state index is 0.0881. The number of hydrogen-bond acceptors (Lipinski definition) is 3. The monoisotopic (exact) mass is 284 g/mol. The fourth-order valence-electron chi connectivity index (χ4n) is 1.44. The van der Waals surface area contributed by atoms with Crippen LogP contribution in [0, 0.1) is 0 Å². The molecule has 1 atom stereocenters. The average molecular weight is 284 g/mol. The molecule has 1 unspecified atom stereocenters. The molecule has 0 aliphatic carbocycles. The summed E-state index contributed by atoms with van der Waals surface area (Å²) in [6, 6.07) is 8.61. The van der Waals surface area contributed by atoms with Gasteiger partial charge < -0.3 is 5.32 Å².